The lowest BCUT2D eigenvalue weighted by molar-refractivity contribution is 0.233. The van der Waals surface area contributed by atoms with Crippen LogP contribution in [0.2, 0.25) is 5.02 Å². The minimum Gasteiger partial charge on any atom is -0.295 e. The lowest BCUT2D eigenvalue weighted by atomic mass is 9.75. The number of H-pyrrole nitrogens is 1. The number of fused-ring (bicyclic) bond motifs is 2. The van der Waals surface area contributed by atoms with Gasteiger partial charge in [-0.15, -0.1) is 0 Å². The zero-order chi connectivity index (χ0) is 20.8. The van der Waals surface area contributed by atoms with E-state index in [0.29, 0.717) is 22.2 Å². The summed E-state index contributed by atoms with van der Waals surface area (Å²) < 4.78 is 15.6. The molecule has 154 valence electrons. The molecule has 2 aromatic carbocycles. The van der Waals surface area contributed by atoms with E-state index in [4.69, 9.17) is 11.6 Å². The Labute approximate surface area is 178 Å². The SMILES string of the molecule is CC(C1CCC(c2ccnc3ccc(F)cc23)CC1)n1[nH]c2cc(Cl)ccc2c1=O. The molecule has 0 radical (unpaired) electrons. The monoisotopic (exact) mass is 423 g/mol. The highest BCUT2D eigenvalue weighted by Crippen LogP contribution is 2.41. The van der Waals surface area contributed by atoms with Crippen LogP contribution in [0.3, 0.4) is 0 Å². The minimum atomic E-state index is -0.225. The number of benzene rings is 2. The van der Waals surface area contributed by atoms with Crippen LogP contribution >= 0.6 is 11.6 Å². The molecule has 2 aromatic heterocycles. The molecule has 1 unspecified atom stereocenters. The Hall–Kier alpha value is -2.66. The summed E-state index contributed by atoms with van der Waals surface area (Å²) in [6, 6.07) is 12.2. The number of nitrogens with zero attached hydrogens (tertiary/aromatic N) is 2. The van der Waals surface area contributed by atoms with E-state index < -0.39 is 0 Å². The lowest BCUT2D eigenvalue weighted by Gasteiger charge is -2.33. The molecule has 1 atom stereocenters. The van der Waals surface area contributed by atoms with Crippen molar-refractivity contribution in [2.24, 2.45) is 5.92 Å². The van der Waals surface area contributed by atoms with E-state index in [9.17, 15) is 9.18 Å². The third kappa shape index (κ3) is 3.31. The van der Waals surface area contributed by atoms with Crippen LogP contribution in [-0.2, 0) is 0 Å². The van der Waals surface area contributed by atoms with E-state index in [1.165, 1.54) is 11.6 Å². The van der Waals surface area contributed by atoms with E-state index >= 15 is 0 Å². The fraction of sp³-hybridized carbons (Fsp3) is 0.333. The predicted octanol–water partition coefficient (Wildman–Crippen LogP) is 6.21. The van der Waals surface area contributed by atoms with Crippen molar-refractivity contribution in [2.75, 3.05) is 0 Å². The third-order valence-corrected chi connectivity index (χ3v) is 6.95. The van der Waals surface area contributed by atoms with Crippen LogP contribution in [0.5, 0.6) is 0 Å². The summed E-state index contributed by atoms with van der Waals surface area (Å²) in [5.41, 5.74) is 2.81. The first-order chi connectivity index (χ1) is 14.5. The molecular formula is C24H23ClFN3O. The van der Waals surface area contributed by atoms with E-state index in [-0.39, 0.29) is 17.4 Å². The highest BCUT2D eigenvalue weighted by Gasteiger charge is 2.29. The van der Waals surface area contributed by atoms with Crippen molar-refractivity contribution < 1.29 is 4.39 Å². The highest BCUT2D eigenvalue weighted by molar-refractivity contribution is 6.31. The van der Waals surface area contributed by atoms with E-state index in [1.54, 1.807) is 35.0 Å². The number of pyridine rings is 1. The zero-order valence-corrected chi connectivity index (χ0v) is 17.5. The summed E-state index contributed by atoms with van der Waals surface area (Å²) in [4.78, 5) is 17.2. The quantitative estimate of drug-likeness (QED) is 0.426. The molecule has 1 N–H and O–H groups in total. The molecule has 0 spiro atoms. The first-order valence-corrected chi connectivity index (χ1v) is 10.8. The summed E-state index contributed by atoms with van der Waals surface area (Å²) in [6.07, 6.45) is 5.90. The van der Waals surface area contributed by atoms with Gasteiger partial charge in [-0.1, -0.05) is 11.6 Å². The number of rotatable bonds is 3. The van der Waals surface area contributed by atoms with Crippen LogP contribution in [0.15, 0.2) is 53.5 Å². The van der Waals surface area contributed by atoms with E-state index in [1.807, 2.05) is 12.3 Å². The van der Waals surface area contributed by atoms with Gasteiger partial charge in [0.05, 0.1) is 22.5 Å². The van der Waals surface area contributed by atoms with Gasteiger partial charge in [-0.05, 0) is 92.5 Å². The summed E-state index contributed by atoms with van der Waals surface area (Å²) in [5, 5.41) is 5.45. The standard InChI is InChI=1S/C24H23ClFN3O/c1-14(29-24(30)20-8-6-17(25)12-23(20)28-29)15-2-4-16(5-3-15)19-10-11-27-22-9-7-18(26)13-21(19)22/h6-16,28H,2-5H2,1H3. The zero-order valence-electron chi connectivity index (χ0n) is 16.7. The summed E-state index contributed by atoms with van der Waals surface area (Å²) >= 11 is 6.07. The molecule has 0 saturated heterocycles. The lowest BCUT2D eigenvalue weighted by Crippen LogP contribution is -2.28. The summed E-state index contributed by atoms with van der Waals surface area (Å²) in [5.74, 6) is 0.573. The Morgan fingerprint density at radius 1 is 1.10 bits per heavy atom. The molecule has 1 saturated carbocycles. The molecule has 2 heterocycles. The number of hydrogen-bond donors (Lipinski definition) is 1. The first-order valence-electron chi connectivity index (χ1n) is 10.4. The molecule has 0 aliphatic heterocycles. The van der Waals surface area contributed by atoms with Crippen LogP contribution in [-0.4, -0.2) is 14.8 Å². The number of aromatic nitrogens is 3. The second kappa shape index (κ2) is 7.55. The van der Waals surface area contributed by atoms with Crippen molar-refractivity contribution in [2.45, 2.75) is 44.6 Å². The number of aromatic amines is 1. The van der Waals surface area contributed by atoms with Crippen LogP contribution in [0.1, 0.15) is 50.1 Å². The van der Waals surface area contributed by atoms with Crippen molar-refractivity contribution in [1.82, 2.24) is 14.8 Å². The Bertz CT molecular complexity index is 1290. The first kappa shape index (κ1) is 19.3. The van der Waals surface area contributed by atoms with Gasteiger partial charge in [-0.25, -0.2) is 9.07 Å². The smallest absolute Gasteiger partial charge is 0.274 e. The maximum Gasteiger partial charge on any atom is 0.274 e. The Morgan fingerprint density at radius 2 is 1.90 bits per heavy atom. The third-order valence-electron chi connectivity index (χ3n) is 6.71. The number of halogens is 2. The van der Waals surface area contributed by atoms with Crippen LogP contribution < -0.4 is 5.56 Å². The highest BCUT2D eigenvalue weighted by atomic mass is 35.5. The molecule has 30 heavy (non-hydrogen) atoms. The Morgan fingerprint density at radius 3 is 2.70 bits per heavy atom. The van der Waals surface area contributed by atoms with Gasteiger partial charge in [0.1, 0.15) is 5.82 Å². The fourth-order valence-corrected chi connectivity index (χ4v) is 5.18. The maximum atomic E-state index is 13.8. The topological polar surface area (TPSA) is 50.7 Å². The molecule has 1 aliphatic carbocycles. The summed E-state index contributed by atoms with van der Waals surface area (Å²) in [6.45, 7) is 2.11. The number of hydrogen-bond acceptors (Lipinski definition) is 2. The Kier molecular flexibility index (Phi) is 4.86. The van der Waals surface area contributed by atoms with Gasteiger partial charge in [0.2, 0.25) is 0 Å². The molecular weight excluding hydrogens is 401 g/mol. The van der Waals surface area contributed by atoms with Crippen molar-refractivity contribution in [3.8, 4) is 0 Å². The van der Waals surface area contributed by atoms with Gasteiger partial charge >= 0.3 is 0 Å². The van der Waals surface area contributed by atoms with E-state index in [2.05, 4.69) is 17.0 Å². The van der Waals surface area contributed by atoms with Gasteiger partial charge in [0.25, 0.3) is 5.56 Å². The fourth-order valence-electron chi connectivity index (χ4n) is 5.01. The second-order valence-electron chi connectivity index (χ2n) is 8.39. The van der Waals surface area contributed by atoms with Crippen molar-refractivity contribution >= 4 is 33.4 Å². The molecule has 5 rings (SSSR count). The largest absolute Gasteiger partial charge is 0.295 e. The molecule has 4 nitrogen and oxygen atoms in total. The maximum absolute atomic E-state index is 13.8. The van der Waals surface area contributed by atoms with Crippen molar-refractivity contribution in [1.29, 1.82) is 0 Å². The molecule has 1 fully saturated rings. The van der Waals surface area contributed by atoms with Gasteiger partial charge < -0.3 is 0 Å². The van der Waals surface area contributed by atoms with Gasteiger partial charge in [0.15, 0.2) is 0 Å². The minimum absolute atomic E-state index is 0.00638. The molecule has 0 amide bonds. The van der Waals surface area contributed by atoms with Crippen LogP contribution in [0.25, 0.3) is 21.8 Å². The second-order valence-corrected chi connectivity index (χ2v) is 8.83. The average molecular weight is 424 g/mol. The van der Waals surface area contributed by atoms with Crippen molar-refractivity contribution in [3.05, 3.63) is 75.4 Å². The Balaban J connectivity index is 1.37. The molecule has 0 bridgehead atoms. The molecule has 4 aromatic rings. The average Bonchev–Trinajstić information content (AvgIpc) is 3.08. The van der Waals surface area contributed by atoms with Gasteiger partial charge in [-0.2, -0.15) is 0 Å². The van der Waals surface area contributed by atoms with E-state index in [0.717, 1.165) is 42.1 Å². The number of nitrogens with one attached hydrogen (secondary N) is 1. The van der Waals surface area contributed by atoms with Gasteiger partial charge in [0, 0.05) is 16.6 Å². The summed E-state index contributed by atoms with van der Waals surface area (Å²) in [7, 11) is 0. The van der Waals surface area contributed by atoms with Crippen molar-refractivity contribution in [3.63, 3.8) is 0 Å². The predicted molar refractivity (Wildman–Crippen MR) is 119 cm³/mol. The molecule has 6 heteroatoms. The van der Waals surface area contributed by atoms with Gasteiger partial charge in [-0.3, -0.25) is 14.9 Å². The van der Waals surface area contributed by atoms with Crippen LogP contribution in [0.4, 0.5) is 4.39 Å². The molecule has 1 aliphatic rings. The normalized spacial score (nSPS) is 20.6. The van der Waals surface area contributed by atoms with Crippen LogP contribution in [0, 0.1) is 11.7 Å².